The molecule has 0 aliphatic rings. The first-order valence-corrected chi connectivity index (χ1v) is 6.03. The lowest BCUT2D eigenvalue weighted by molar-refractivity contribution is -0.131. The summed E-state index contributed by atoms with van der Waals surface area (Å²) < 4.78 is 5.34. The highest BCUT2D eigenvalue weighted by Crippen LogP contribution is 2.32. The third-order valence-corrected chi connectivity index (χ3v) is 3.00. The number of fused-ring (bicyclic) bond motifs is 1. The monoisotopic (exact) mass is 280 g/mol. The van der Waals surface area contributed by atoms with Gasteiger partial charge in [-0.3, -0.25) is 10.0 Å². The second kappa shape index (κ2) is 5.42. The van der Waals surface area contributed by atoms with Crippen LogP contribution in [0.5, 0.6) is 5.75 Å². The molecule has 1 heterocycles. The number of nitrogens with zero attached hydrogens (tertiary/aromatic N) is 1. The molecule has 0 bridgehead atoms. The Kier molecular flexibility index (Phi) is 3.87. The van der Waals surface area contributed by atoms with Crippen LogP contribution in [-0.4, -0.2) is 22.7 Å². The van der Waals surface area contributed by atoms with E-state index in [0.717, 1.165) is 16.6 Å². The second-order valence-corrected chi connectivity index (χ2v) is 4.58. The third-order valence-electron chi connectivity index (χ3n) is 2.68. The van der Waals surface area contributed by atoms with Gasteiger partial charge in [-0.05, 0) is 37.6 Å². The topological polar surface area (TPSA) is 71.5 Å². The fourth-order valence-electron chi connectivity index (χ4n) is 1.92. The van der Waals surface area contributed by atoms with Crippen molar-refractivity contribution in [3.8, 4) is 5.75 Å². The number of carbonyl (C=O) groups is 1. The Morgan fingerprint density at radius 2 is 2.21 bits per heavy atom. The number of pyridine rings is 1. The van der Waals surface area contributed by atoms with Crippen molar-refractivity contribution in [1.29, 1.82) is 0 Å². The molecule has 1 aromatic heterocycles. The zero-order valence-corrected chi connectivity index (χ0v) is 11.3. The van der Waals surface area contributed by atoms with E-state index in [1.807, 2.05) is 19.9 Å². The summed E-state index contributed by atoms with van der Waals surface area (Å²) in [4.78, 5) is 15.4. The molecule has 0 fully saturated rings. The lowest BCUT2D eigenvalue weighted by Crippen LogP contribution is -2.25. The largest absolute Gasteiger partial charge is 0.481 e. The molecule has 19 heavy (non-hydrogen) atoms. The van der Waals surface area contributed by atoms with Gasteiger partial charge in [0.25, 0.3) is 5.91 Å². The minimum Gasteiger partial charge on any atom is -0.481 e. The number of hydroxylamine groups is 1. The zero-order valence-electron chi connectivity index (χ0n) is 10.5. The molecular weight excluding hydrogens is 268 g/mol. The summed E-state index contributed by atoms with van der Waals surface area (Å²) in [5.74, 6) is -0.178. The van der Waals surface area contributed by atoms with Gasteiger partial charge < -0.3 is 4.74 Å². The molecule has 0 radical (unpaired) electrons. The molecule has 0 unspecified atom stereocenters. The van der Waals surface area contributed by atoms with Gasteiger partial charge in [-0.2, -0.15) is 0 Å². The Morgan fingerprint density at radius 3 is 2.89 bits per heavy atom. The van der Waals surface area contributed by atoms with Gasteiger partial charge in [-0.25, -0.2) is 10.5 Å². The van der Waals surface area contributed by atoms with E-state index >= 15 is 0 Å². The quantitative estimate of drug-likeness (QED) is 0.669. The lowest BCUT2D eigenvalue weighted by Gasteiger charge is -2.11. The number of halogens is 1. The Labute approximate surface area is 115 Å². The molecular formula is C13H13ClN2O3. The van der Waals surface area contributed by atoms with Crippen LogP contribution in [0.3, 0.4) is 0 Å². The Morgan fingerprint density at radius 1 is 1.47 bits per heavy atom. The molecule has 0 saturated carbocycles. The number of nitrogens with one attached hydrogen (secondary N) is 1. The molecule has 2 N–H and O–H groups in total. The summed E-state index contributed by atoms with van der Waals surface area (Å²) in [5.41, 5.74) is 3.94. The van der Waals surface area contributed by atoms with Gasteiger partial charge in [0.2, 0.25) is 0 Å². The molecule has 0 saturated heterocycles. The molecule has 2 aromatic rings. The van der Waals surface area contributed by atoms with Crippen LogP contribution < -0.4 is 10.2 Å². The van der Waals surface area contributed by atoms with Crippen molar-refractivity contribution in [1.82, 2.24) is 10.5 Å². The number of aromatic nitrogens is 1. The van der Waals surface area contributed by atoms with Crippen LogP contribution in [0.4, 0.5) is 0 Å². The Hall–Kier alpha value is -1.85. The second-order valence-electron chi connectivity index (χ2n) is 4.17. The average Bonchev–Trinajstić information content (AvgIpc) is 2.36. The summed E-state index contributed by atoms with van der Waals surface area (Å²) in [5, 5.41) is 9.82. The highest BCUT2D eigenvalue weighted by molar-refractivity contribution is 6.35. The van der Waals surface area contributed by atoms with Gasteiger partial charge in [0.1, 0.15) is 11.3 Å². The minimum absolute atomic E-state index is 0.290. The zero-order chi connectivity index (χ0) is 14.0. The number of benzene rings is 1. The van der Waals surface area contributed by atoms with Crippen molar-refractivity contribution in [2.75, 3.05) is 6.61 Å². The first-order valence-electron chi connectivity index (χ1n) is 5.65. The summed E-state index contributed by atoms with van der Waals surface area (Å²) in [7, 11) is 0. The normalized spacial score (nSPS) is 10.5. The fraction of sp³-hybridized carbons (Fsp3) is 0.231. The van der Waals surface area contributed by atoms with E-state index in [1.165, 1.54) is 5.48 Å². The van der Waals surface area contributed by atoms with Crippen LogP contribution in [0.1, 0.15) is 11.3 Å². The summed E-state index contributed by atoms with van der Waals surface area (Å²) in [6.45, 7) is 3.52. The number of hydrogen-bond donors (Lipinski definition) is 2. The molecule has 0 spiro atoms. The predicted molar refractivity (Wildman–Crippen MR) is 71.7 cm³/mol. The highest BCUT2D eigenvalue weighted by atomic mass is 35.5. The van der Waals surface area contributed by atoms with Gasteiger partial charge in [0, 0.05) is 11.1 Å². The smallest absolute Gasteiger partial charge is 0.281 e. The number of ether oxygens (including phenoxy) is 1. The molecule has 0 atom stereocenters. The van der Waals surface area contributed by atoms with E-state index in [2.05, 4.69) is 4.98 Å². The van der Waals surface area contributed by atoms with Crippen molar-refractivity contribution < 1.29 is 14.7 Å². The maximum Gasteiger partial charge on any atom is 0.281 e. The SMILES string of the molecule is Cc1cc(C)c2c(Cl)ccc(OCC(=O)NO)c2n1. The van der Waals surface area contributed by atoms with Crippen molar-refractivity contribution in [2.24, 2.45) is 0 Å². The van der Waals surface area contributed by atoms with Gasteiger partial charge in [-0.1, -0.05) is 11.6 Å². The molecule has 1 aromatic carbocycles. The van der Waals surface area contributed by atoms with Crippen LogP contribution >= 0.6 is 11.6 Å². The average molecular weight is 281 g/mol. The van der Waals surface area contributed by atoms with Crippen molar-refractivity contribution in [2.45, 2.75) is 13.8 Å². The predicted octanol–water partition coefficient (Wildman–Crippen LogP) is 2.39. The van der Waals surface area contributed by atoms with Crippen molar-refractivity contribution in [3.05, 3.63) is 34.5 Å². The van der Waals surface area contributed by atoms with Gasteiger partial charge in [0.15, 0.2) is 6.61 Å². The maximum atomic E-state index is 11.0. The van der Waals surface area contributed by atoms with Gasteiger partial charge in [-0.15, -0.1) is 0 Å². The third kappa shape index (κ3) is 2.77. The van der Waals surface area contributed by atoms with E-state index in [9.17, 15) is 4.79 Å². The van der Waals surface area contributed by atoms with E-state index in [-0.39, 0.29) is 6.61 Å². The maximum absolute atomic E-state index is 11.0. The Balaban J connectivity index is 2.50. The number of rotatable bonds is 3. The number of carbonyl (C=O) groups excluding carboxylic acids is 1. The summed E-state index contributed by atoms with van der Waals surface area (Å²) in [6.07, 6.45) is 0. The molecule has 5 nitrogen and oxygen atoms in total. The number of amides is 1. The van der Waals surface area contributed by atoms with Crippen LogP contribution in [0, 0.1) is 13.8 Å². The molecule has 100 valence electrons. The van der Waals surface area contributed by atoms with Crippen molar-refractivity contribution >= 4 is 28.4 Å². The van der Waals surface area contributed by atoms with Gasteiger partial charge >= 0.3 is 0 Å². The molecule has 0 aliphatic heterocycles. The van der Waals surface area contributed by atoms with Gasteiger partial charge in [0.05, 0.1) is 5.02 Å². The minimum atomic E-state index is -0.632. The van der Waals surface area contributed by atoms with Crippen molar-refractivity contribution in [3.63, 3.8) is 0 Å². The highest BCUT2D eigenvalue weighted by Gasteiger charge is 2.11. The molecule has 0 aliphatic carbocycles. The first kappa shape index (κ1) is 13.6. The van der Waals surface area contributed by atoms with Crippen LogP contribution in [0.2, 0.25) is 5.02 Å². The van der Waals surface area contributed by atoms with Crippen LogP contribution in [-0.2, 0) is 4.79 Å². The number of aryl methyl sites for hydroxylation is 2. The lowest BCUT2D eigenvalue weighted by atomic mass is 10.1. The summed E-state index contributed by atoms with van der Waals surface area (Å²) >= 11 is 6.16. The Bertz CT molecular complexity index is 643. The van der Waals surface area contributed by atoms with Crippen LogP contribution in [0.15, 0.2) is 18.2 Å². The van der Waals surface area contributed by atoms with Crippen LogP contribution in [0.25, 0.3) is 10.9 Å². The fourth-order valence-corrected chi connectivity index (χ4v) is 2.22. The molecule has 1 amide bonds. The summed E-state index contributed by atoms with van der Waals surface area (Å²) in [6, 6.07) is 5.28. The van der Waals surface area contributed by atoms with E-state index in [1.54, 1.807) is 12.1 Å². The van der Waals surface area contributed by atoms with E-state index < -0.39 is 5.91 Å². The van der Waals surface area contributed by atoms with E-state index in [0.29, 0.717) is 16.3 Å². The number of hydrogen-bond acceptors (Lipinski definition) is 4. The standard InChI is InChI=1S/C13H13ClN2O3/c1-7-5-8(2)15-13-10(19-6-11(17)16-18)4-3-9(14)12(7)13/h3-5,18H,6H2,1-2H3,(H,16,17). The van der Waals surface area contributed by atoms with E-state index in [4.69, 9.17) is 21.5 Å². The molecule has 6 heteroatoms. The first-order chi connectivity index (χ1) is 9.02. The molecule has 2 rings (SSSR count).